The van der Waals surface area contributed by atoms with Gasteiger partial charge in [-0.3, -0.25) is 14.4 Å². The summed E-state index contributed by atoms with van der Waals surface area (Å²) in [5, 5.41) is 10.9. The van der Waals surface area contributed by atoms with Gasteiger partial charge in [0.1, 0.15) is 10.9 Å². The molecule has 0 radical (unpaired) electrons. The molecule has 50 heavy (non-hydrogen) atoms. The van der Waals surface area contributed by atoms with E-state index in [2.05, 4.69) is 20.9 Å². The van der Waals surface area contributed by atoms with Crippen molar-refractivity contribution in [1.82, 2.24) is 10.3 Å². The van der Waals surface area contributed by atoms with E-state index in [0.717, 1.165) is 21.7 Å². The molecule has 6 aromatic rings. The van der Waals surface area contributed by atoms with Crippen molar-refractivity contribution in [3.63, 3.8) is 0 Å². The molecule has 0 saturated heterocycles. The number of hydrogen-bond acceptors (Lipinski definition) is 6. The Labute approximate surface area is 307 Å². The number of carbonyl (C=O) groups excluding carboxylic acids is 3. The first-order valence-corrected chi connectivity index (χ1v) is 17.8. The normalized spacial score (nSPS) is 11.8. The number of anilines is 2. The van der Waals surface area contributed by atoms with Gasteiger partial charge >= 0.3 is 0 Å². The lowest BCUT2D eigenvalue weighted by Crippen LogP contribution is -2.30. The van der Waals surface area contributed by atoms with E-state index in [9.17, 15) is 14.4 Å². The van der Waals surface area contributed by atoms with Crippen molar-refractivity contribution in [1.29, 1.82) is 0 Å². The summed E-state index contributed by atoms with van der Waals surface area (Å²) in [6.07, 6.45) is 1.47. The van der Waals surface area contributed by atoms with Crippen molar-refractivity contribution in [3.8, 4) is 11.3 Å². The third kappa shape index (κ3) is 8.88. The number of halogens is 2. The maximum absolute atomic E-state index is 13.8. The molecular weight excluding hydrogens is 707 g/mol. The van der Waals surface area contributed by atoms with Crippen molar-refractivity contribution in [2.45, 2.75) is 10.1 Å². The molecule has 0 aliphatic carbocycles. The third-order valence-corrected chi connectivity index (χ3v) is 10.1. The Morgan fingerprint density at radius 1 is 0.760 bits per heavy atom. The molecule has 248 valence electrons. The minimum absolute atomic E-state index is 0.0408. The second kappa shape index (κ2) is 16.5. The number of aromatic nitrogens is 1. The van der Waals surface area contributed by atoms with Gasteiger partial charge in [-0.1, -0.05) is 120 Å². The van der Waals surface area contributed by atoms with Gasteiger partial charge in [0, 0.05) is 27.1 Å². The number of benzene rings is 5. The zero-order valence-electron chi connectivity index (χ0n) is 26.2. The van der Waals surface area contributed by atoms with Crippen LogP contribution in [0.1, 0.15) is 26.7 Å². The zero-order chi connectivity index (χ0) is 34.9. The molecule has 0 aliphatic heterocycles. The van der Waals surface area contributed by atoms with Gasteiger partial charge in [-0.25, -0.2) is 4.98 Å². The fourth-order valence-corrected chi connectivity index (χ4v) is 7.02. The van der Waals surface area contributed by atoms with E-state index < -0.39 is 17.1 Å². The highest BCUT2D eigenvalue weighted by Crippen LogP contribution is 2.38. The molecule has 0 bridgehead atoms. The summed E-state index contributed by atoms with van der Waals surface area (Å²) in [6, 6.07) is 39.9. The van der Waals surface area contributed by atoms with E-state index in [1.165, 1.54) is 29.2 Å². The first-order chi connectivity index (χ1) is 24.3. The molecule has 3 amide bonds. The number of nitrogens with one attached hydrogen (secondary N) is 3. The van der Waals surface area contributed by atoms with Crippen LogP contribution in [0.3, 0.4) is 0 Å². The van der Waals surface area contributed by atoms with Crippen molar-refractivity contribution in [2.24, 2.45) is 0 Å². The Kier molecular flexibility index (Phi) is 11.4. The average molecular weight is 736 g/mol. The first-order valence-electron chi connectivity index (χ1n) is 15.3. The van der Waals surface area contributed by atoms with Gasteiger partial charge in [-0.15, -0.1) is 23.1 Å². The number of amides is 3. The fraction of sp³-hybridized carbons (Fsp3) is 0.0256. The predicted molar refractivity (Wildman–Crippen MR) is 205 cm³/mol. The summed E-state index contributed by atoms with van der Waals surface area (Å²) in [7, 11) is 0. The lowest BCUT2D eigenvalue weighted by molar-refractivity contribution is -0.116. The monoisotopic (exact) mass is 734 g/mol. The Bertz CT molecular complexity index is 2160. The number of thioether (sulfide) groups is 1. The fourth-order valence-electron chi connectivity index (χ4n) is 4.86. The Morgan fingerprint density at radius 3 is 2.18 bits per heavy atom. The van der Waals surface area contributed by atoms with Crippen molar-refractivity contribution < 1.29 is 14.4 Å². The summed E-state index contributed by atoms with van der Waals surface area (Å²) in [5.74, 6) is -1.29. The minimum atomic E-state index is -0.628. The van der Waals surface area contributed by atoms with Crippen LogP contribution in [0.2, 0.25) is 10.0 Å². The molecule has 0 fully saturated rings. The van der Waals surface area contributed by atoms with Gasteiger partial charge in [-0.2, -0.15) is 0 Å². The van der Waals surface area contributed by atoms with E-state index in [4.69, 9.17) is 23.2 Å². The summed E-state index contributed by atoms with van der Waals surface area (Å²) >= 11 is 15.3. The van der Waals surface area contributed by atoms with E-state index >= 15 is 0 Å². The summed E-state index contributed by atoms with van der Waals surface area (Å²) in [5.41, 5.74) is 3.79. The highest BCUT2D eigenvalue weighted by atomic mass is 35.5. The van der Waals surface area contributed by atoms with Crippen molar-refractivity contribution >= 4 is 80.9 Å². The molecule has 5 aromatic carbocycles. The van der Waals surface area contributed by atoms with Gasteiger partial charge in [0.05, 0.1) is 15.7 Å². The average Bonchev–Trinajstić information content (AvgIpc) is 3.61. The first kappa shape index (κ1) is 34.7. The topological polar surface area (TPSA) is 100 Å². The highest BCUT2D eigenvalue weighted by molar-refractivity contribution is 8.00. The molecule has 1 atom stereocenters. The Balaban J connectivity index is 1.22. The van der Waals surface area contributed by atoms with E-state index in [1.54, 1.807) is 66.7 Å². The van der Waals surface area contributed by atoms with Crippen molar-refractivity contribution in [2.75, 3.05) is 10.6 Å². The van der Waals surface area contributed by atoms with Crippen LogP contribution in [0.25, 0.3) is 17.3 Å². The van der Waals surface area contributed by atoms with Crippen LogP contribution in [0.15, 0.2) is 149 Å². The molecule has 11 heteroatoms. The lowest BCUT2D eigenvalue weighted by Gasteiger charge is -2.17. The Morgan fingerprint density at radius 2 is 1.44 bits per heavy atom. The molecule has 0 saturated carbocycles. The van der Waals surface area contributed by atoms with E-state index in [1.807, 2.05) is 72.1 Å². The third-order valence-electron chi connectivity index (χ3n) is 7.30. The zero-order valence-corrected chi connectivity index (χ0v) is 29.3. The molecule has 0 aliphatic rings. The van der Waals surface area contributed by atoms with Crippen LogP contribution in [-0.2, 0) is 9.59 Å². The number of carbonyl (C=O) groups is 3. The second-order valence-corrected chi connectivity index (χ2v) is 13.6. The molecule has 6 rings (SSSR count). The molecule has 1 heterocycles. The predicted octanol–water partition coefficient (Wildman–Crippen LogP) is 10.00. The second-order valence-electron chi connectivity index (χ2n) is 10.8. The number of nitrogens with zero attached hydrogens (tertiary/aromatic N) is 1. The van der Waals surface area contributed by atoms with Gasteiger partial charge in [0.2, 0.25) is 5.91 Å². The minimum Gasteiger partial charge on any atom is -0.321 e. The standard InChI is InChI=1S/C39H28Cl2N4O3S2/c40-31-21-10-18-28(34(31)41)22-32(43-36(46)27-16-8-3-9-17-27)37(47)42-29-19-11-20-30(23-29)50-35(26-14-6-2-7-15-26)38(48)45-39-44-33(24-49-39)25-12-4-1-5-13-25/h1-24,35H,(H,42,47)(H,43,46)(H,44,45,48)/b32-22+. The maximum atomic E-state index is 13.8. The molecule has 3 N–H and O–H groups in total. The highest BCUT2D eigenvalue weighted by Gasteiger charge is 2.24. The maximum Gasteiger partial charge on any atom is 0.272 e. The van der Waals surface area contributed by atoms with Crippen LogP contribution >= 0.6 is 46.3 Å². The molecule has 0 spiro atoms. The summed E-state index contributed by atoms with van der Waals surface area (Å²) < 4.78 is 0. The number of thiazole rings is 1. The molecular formula is C39H28Cl2N4O3S2. The van der Waals surface area contributed by atoms with E-state index in [-0.39, 0.29) is 16.6 Å². The van der Waals surface area contributed by atoms with Gasteiger partial charge in [0.25, 0.3) is 11.8 Å². The quantitative estimate of drug-likeness (QED) is 0.0909. The van der Waals surface area contributed by atoms with Crippen LogP contribution < -0.4 is 16.0 Å². The van der Waals surface area contributed by atoms with Gasteiger partial charge in [0.15, 0.2) is 5.13 Å². The molecule has 1 unspecified atom stereocenters. The van der Waals surface area contributed by atoms with Crippen molar-refractivity contribution in [3.05, 3.63) is 171 Å². The molecule has 1 aromatic heterocycles. The lowest BCUT2D eigenvalue weighted by atomic mass is 10.1. The van der Waals surface area contributed by atoms with Gasteiger partial charge in [-0.05, 0) is 53.6 Å². The smallest absolute Gasteiger partial charge is 0.272 e. The van der Waals surface area contributed by atoms with Crippen LogP contribution in [-0.4, -0.2) is 22.7 Å². The van der Waals surface area contributed by atoms with Crippen LogP contribution in [0, 0.1) is 0 Å². The van der Waals surface area contributed by atoms with E-state index in [0.29, 0.717) is 27.0 Å². The summed E-state index contributed by atoms with van der Waals surface area (Å²) in [4.78, 5) is 45.9. The Hall–Kier alpha value is -5.19. The largest absolute Gasteiger partial charge is 0.321 e. The number of hydrogen-bond donors (Lipinski definition) is 3. The number of rotatable bonds is 11. The summed E-state index contributed by atoms with van der Waals surface area (Å²) in [6.45, 7) is 0. The van der Waals surface area contributed by atoms with Crippen LogP contribution in [0.4, 0.5) is 10.8 Å². The van der Waals surface area contributed by atoms with Gasteiger partial charge < -0.3 is 16.0 Å². The van der Waals surface area contributed by atoms with Crippen LogP contribution in [0.5, 0.6) is 0 Å². The molecule has 7 nitrogen and oxygen atoms in total. The SMILES string of the molecule is O=C(Nc1cccc(SC(C(=O)Nc2nc(-c3ccccc3)cs2)c2ccccc2)c1)/C(=C\c1cccc(Cl)c1Cl)NC(=O)c1ccccc1.